The van der Waals surface area contributed by atoms with Gasteiger partial charge in [0.05, 0.1) is 7.11 Å². The van der Waals surface area contributed by atoms with Gasteiger partial charge in [-0.25, -0.2) is 4.79 Å². The highest BCUT2D eigenvalue weighted by Gasteiger charge is 2.22. The van der Waals surface area contributed by atoms with Crippen LogP contribution in [-0.4, -0.2) is 19.1 Å². The number of carbonyl (C=O) groups is 1. The van der Waals surface area contributed by atoms with Gasteiger partial charge in [-0.15, -0.1) is 0 Å². The van der Waals surface area contributed by atoms with Gasteiger partial charge >= 0.3 is 5.97 Å². The molecule has 1 aromatic rings. The van der Waals surface area contributed by atoms with Gasteiger partial charge in [0.1, 0.15) is 6.04 Å². The van der Waals surface area contributed by atoms with Crippen LogP contribution < -0.4 is 5.32 Å². The highest BCUT2D eigenvalue weighted by molar-refractivity contribution is 5.77. The summed E-state index contributed by atoms with van der Waals surface area (Å²) in [5.41, 5.74) is 3.36. The zero-order valence-corrected chi connectivity index (χ0v) is 11.2. The van der Waals surface area contributed by atoms with Crippen molar-refractivity contribution >= 4 is 5.97 Å². The van der Waals surface area contributed by atoms with Crippen molar-refractivity contribution in [2.24, 2.45) is 0 Å². The van der Waals surface area contributed by atoms with Crippen LogP contribution in [0.5, 0.6) is 0 Å². The molecule has 1 unspecified atom stereocenters. The second-order valence-electron chi connectivity index (χ2n) is 4.62. The lowest BCUT2D eigenvalue weighted by Crippen LogP contribution is -2.34. The molecule has 0 aromatic heterocycles. The molecule has 1 aromatic carbocycles. The highest BCUT2D eigenvalue weighted by atomic mass is 16.5. The number of hydrogen-bond donors (Lipinski definition) is 1. The van der Waals surface area contributed by atoms with Gasteiger partial charge in [-0.2, -0.15) is 0 Å². The van der Waals surface area contributed by atoms with Gasteiger partial charge in [-0.05, 0) is 44.4 Å². The van der Waals surface area contributed by atoms with Crippen LogP contribution in [0.4, 0.5) is 0 Å². The van der Waals surface area contributed by atoms with E-state index in [-0.39, 0.29) is 18.1 Å². The maximum absolute atomic E-state index is 11.8. The molecule has 0 aliphatic heterocycles. The van der Waals surface area contributed by atoms with Crippen molar-refractivity contribution in [2.45, 2.75) is 39.8 Å². The Morgan fingerprint density at radius 2 is 1.88 bits per heavy atom. The lowest BCUT2D eigenvalue weighted by Gasteiger charge is -2.20. The molecule has 0 aliphatic rings. The molecule has 0 spiro atoms. The summed E-state index contributed by atoms with van der Waals surface area (Å²) in [4.78, 5) is 11.8. The Labute approximate surface area is 103 Å². The number of esters is 1. The monoisotopic (exact) mass is 235 g/mol. The Kier molecular flexibility index (Phi) is 4.70. The summed E-state index contributed by atoms with van der Waals surface area (Å²) in [5, 5.41) is 3.22. The predicted molar refractivity (Wildman–Crippen MR) is 68.9 cm³/mol. The molecule has 0 heterocycles. The normalized spacial score (nSPS) is 12.6. The molecule has 3 heteroatoms. The minimum Gasteiger partial charge on any atom is -0.468 e. The van der Waals surface area contributed by atoms with E-state index in [9.17, 15) is 4.79 Å². The van der Waals surface area contributed by atoms with Crippen molar-refractivity contribution in [3.63, 3.8) is 0 Å². The topological polar surface area (TPSA) is 38.3 Å². The van der Waals surface area contributed by atoms with Gasteiger partial charge in [0.15, 0.2) is 0 Å². The van der Waals surface area contributed by atoms with E-state index in [1.165, 1.54) is 18.2 Å². The Balaban J connectivity index is 3.03. The summed E-state index contributed by atoms with van der Waals surface area (Å²) in [6.07, 6.45) is 0. The van der Waals surface area contributed by atoms with Crippen molar-refractivity contribution in [3.8, 4) is 0 Å². The van der Waals surface area contributed by atoms with Crippen LogP contribution in [0.1, 0.15) is 36.6 Å². The molecule has 1 N–H and O–H groups in total. The molecule has 3 nitrogen and oxygen atoms in total. The number of rotatable bonds is 4. The third kappa shape index (κ3) is 3.56. The summed E-state index contributed by atoms with van der Waals surface area (Å²) < 4.78 is 4.84. The van der Waals surface area contributed by atoms with Crippen LogP contribution in [-0.2, 0) is 9.53 Å². The van der Waals surface area contributed by atoms with Gasteiger partial charge < -0.3 is 4.74 Å². The van der Waals surface area contributed by atoms with Crippen LogP contribution in [0.15, 0.2) is 18.2 Å². The number of hydrogen-bond acceptors (Lipinski definition) is 3. The summed E-state index contributed by atoms with van der Waals surface area (Å²) in [6.45, 7) is 8.12. The second-order valence-corrected chi connectivity index (χ2v) is 4.62. The number of ether oxygens (including phenoxy) is 1. The Hall–Kier alpha value is -1.35. The minimum atomic E-state index is -0.390. The molecule has 0 aliphatic carbocycles. The zero-order valence-electron chi connectivity index (χ0n) is 11.2. The first-order valence-corrected chi connectivity index (χ1v) is 5.86. The van der Waals surface area contributed by atoms with E-state index in [1.54, 1.807) is 0 Å². The van der Waals surface area contributed by atoms with Crippen molar-refractivity contribution in [3.05, 3.63) is 34.9 Å². The van der Waals surface area contributed by atoms with Crippen molar-refractivity contribution in [1.82, 2.24) is 5.32 Å². The molecular weight excluding hydrogens is 214 g/mol. The molecular formula is C14H21NO2. The standard InChI is InChI=1S/C14H21NO2/c1-9(2)15-13(14(16)17-5)12-7-6-10(3)11(4)8-12/h6-9,13,15H,1-5H3. The summed E-state index contributed by atoms with van der Waals surface area (Å²) in [5.74, 6) is -0.248. The number of benzene rings is 1. The first-order valence-electron chi connectivity index (χ1n) is 5.86. The zero-order chi connectivity index (χ0) is 13.0. The largest absolute Gasteiger partial charge is 0.468 e. The van der Waals surface area contributed by atoms with Crippen molar-refractivity contribution < 1.29 is 9.53 Å². The predicted octanol–water partition coefficient (Wildman–Crippen LogP) is 2.52. The highest BCUT2D eigenvalue weighted by Crippen LogP contribution is 2.19. The first kappa shape index (κ1) is 13.7. The average Bonchev–Trinajstić information content (AvgIpc) is 2.28. The third-order valence-electron chi connectivity index (χ3n) is 2.80. The fraction of sp³-hybridized carbons (Fsp3) is 0.500. The second kappa shape index (κ2) is 5.82. The van der Waals surface area contributed by atoms with E-state index >= 15 is 0 Å². The molecule has 0 saturated heterocycles. The summed E-state index contributed by atoms with van der Waals surface area (Å²) in [6, 6.07) is 5.87. The van der Waals surface area contributed by atoms with E-state index in [0.717, 1.165) is 5.56 Å². The van der Waals surface area contributed by atoms with Crippen molar-refractivity contribution in [1.29, 1.82) is 0 Å². The summed E-state index contributed by atoms with van der Waals surface area (Å²) >= 11 is 0. The molecule has 0 saturated carbocycles. The number of nitrogens with one attached hydrogen (secondary N) is 1. The smallest absolute Gasteiger partial charge is 0.327 e. The fourth-order valence-electron chi connectivity index (χ4n) is 1.70. The number of methoxy groups -OCH3 is 1. The van der Waals surface area contributed by atoms with E-state index in [4.69, 9.17) is 4.74 Å². The van der Waals surface area contributed by atoms with Gasteiger partial charge in [-0.1, -0.05) is 18.2 Å². The van der Waals surface area contributed by atoms with Crippen LogP contribution in [0.25, 0.3) is 0 Å². The van der Waals surface area contributed by atoms with Gasteiger partial charge in [0, 0.05) is 6.04 Å². The number of aryl methyl sites for hydroxylation is 2. The first-order chi connectivity index (χ1) is 7.95. The Morgan fingerprint density at radius 3 is 2.35 bits per heavy atom. The molecule has 1 atom stereocenters. The molecule has 94 valence electrons. The van der Waals surface area contributed by atoms with Crippen LogP contribution >= 0.6 is 0 Å². The maximum Gasteiger partial charge on any atom is 0.327 e. The maximum atomic E-state index is 11.8. The van der Waals surface area contributed by atoms with Gasteiger partial charge in [-0.3, -0.25) is 5.32 Å². The van der Waals surface area contributed by atoms with E-state index in [1.807, 2.05) is 39.0 Å². The molecule has 17 heavy (non-hydrogen) atoms. The van der Waals surface area contributed by atoms with Crippen LogP contribution in [0.3, 0.4) is 0 Å². The Bertz CT molecular complexity index is 399. The van der Waals surface area contributed by atoms with Crippen molar-refractivity contribution in [2.75, 3.05) is 7.11 Å². The van der Waals surface area contributed by atoms with Crippen LogP contribution in [0, 0.1) is 13.8 Å². The van der Waals surface area contributed by atoms with Gasteiger partial charge in [0.25, 0.3) is 0 Å². The third-order valence-corrected chi connectivity index (χ3v) is 2.80. The Morgan fingerprint density at radius 1 is 1.24 bits per heavy atom. The van der Waals surface area contributed by atoms with Gasteiger partial charge in [0.2, 0.25) is 0 Å². The van der Waals surface area contributed by atoms with E-state index in [2.05, 4.69) is 12.2 Å². The van der Waals surface area contributed by atoms with E-state index < -0.39 is 0 Å². The molecule has 0 fully saturated rings. The summed E-state index contributed by atoms with van der Waals surface area (Å²) in [7, 11) is 1.42. The SMILES string of the molecule is COC(=O)C(NC(C)C)c1ccc(C)c(C)c1. The quantitative estimate of drug-likeness (QED) is 0.815. The lowest BCUT2D eigenvalue weighted by molar-refractivity contribution is -0.143. The lowest BCUT2D eigenvalue weighted by atomic mass is 10.0. The molecule has 0 bridgehead atoms. The molecule has 1 rings (SSSR count). The average molecular weight is 235 g/mol. The fourth-order valence-corrected chi connectivity index (χ4v) is 1.70. The minimum absolute atomic E-state index is 0.223. The molecule has 0 radical (unpaired) electrons. The molecule has 0 amide bonds. The van der Waals surface area contributed by atoms with Crippen LogP contribution in [0.2, 0.25) is 0 Å². The van der Waals surface area contributed by atoms with E-state index in [0.29, 0.717) is 0 Å². The number of carbonyl (C=O) groups excluding carboxylic acids is 1.